The van der Waals surface area contributed by atoms with Crippen molar-refractivity contribution in [1.82, 2.24) is 4.90 Å². The second-order valence-electron chi connectivity index (χ2n) is 5.20. The SMILES string of the molecule is C/C(F)=N\C1C(F)N2C1CC1CC(C)C12. The molecule has 2 saturated heterocycles. The molecule has 0 aromatic carbocycles. The van der Waals surface area contributed by atoms with Crippen molar-refractivity contribution in [3.05, 3.63) is 0 Å². The van der Waals surface area contributed by atoms with Gasteiger partial charge in [0.1, 0.15) is 6.04 Å². The van der Waals surface area contributed by atoms with Gasteiger partial charge >= 0.3 is 0 Å². The molecule has 3 aliphatic rings. The molecule has 2 aliphatic heterocycles. The van der Waals surface area contributed by atoms with Crippen LogP contribution in [0.5, 0.6) is 0 Å². The summed E-state index contributed by atoms with van der Waals surface area (Å²) in [6.07, 6.45) is 1.17. The quantitative estimate of drug-likeness (QED) is 0.482. The number of halogens is 2. The van der Waals surface area contributed by atoms with E-state index < -0.39 is 18.3 Å². The fourth-order valence-electron chi connectivity index (χ4n) is 3.73. The molecule has 6 unspecified atom stereocenters. The van der Waals surface area contributed by atoms with Crippen molar-refractivity contribution in [1.29, 1.82) is 0 Å². The molecule has 2 heterocycles. The summed E-state index contributed by atoms with van der Waals surface area (Å²) >= 11 is 0. The first-order valence-electron chi connectivity index (χ1n) is 5.71. The van der Waals surface area contributed by atoms with Crippen molar-refractivity contribution in [3.63, 3.8) is 0 Å². The Bertz CT molecular complexity index is 314. The Morgan fingerprint density at radius 2 is 2.13 bits per heavy atom. The third kappa shape index (κ3) is 1.14. The molecule has 2 nitrogen and oxygen atoms in total. The van der Waals surface area contributed by atoms with Gasteiger partial charge in [-0.05, 0) is 24.7 Å². The van der Waals surface area contributed by atoms with Gasteiger partial charge in [-0.15, -0.1) is 0 Å². The first-order valence-corrected chi connectivity index (χ1v) is 5.71. The Morgan fingerprint density at radius 3 is 2.73 bits per heavy atom. The van der Waals surface area contributed by atoms with Crippen molar-refractivity contribution in [2.24, 2.45) is 16.8 Å². The van der Waals surface area contributed by atoms with Crippen molar-refractivity contribution >= 4 is 5.97 Å². The van der Waals surface area contributed by atoms with Crippen LogP contribution in [-0.4, -0.2) is 35.3 Å². The molecule has 15 heavy (non-hydrogen) atoms. The van der Waals surface area contributed by atoms with E-state index in [0.717, 1.165) is 6.42 Å². The molecule has 0 amide bonds. The third-order valence-electron chi connectivity index (χ3n) is 4.30. The van der Waals surface area contributed by atoms with Crippen molar-refractivity contribution < 1.29 is 8.78 Å². The van der Waals surface area contributed by atoms with Gasteiger partial charge in [0, 0.05) is 19.0 Å². The maximum atomic E-state index is 13.8. The highest BCUT2D eigenvalue weighted by molar-refractivity contribution is 5.72. The summed E-state index contributed by atoms with van der Waals surface area (Å²) in [4.78, 5) is 5.69. The highest BCUT2D eigenvalue weighted by Crippen LogP contribution is 2.54. The molecule has 0 spiro atoms. The molecule has 1 saturated carbocycles. The van der Waals surface area contributed by atoms with Gasteiger partial charge in [-0.3, -0.25) is 9.89 Å². The van der Waals surface area contributed by atoms with Crippen LogP contribution in [0.25, 0.3) is 0 Å². The third-order valence-corrected chi connectivity index (χ3v) is 4.30. The minimum absolute atomic E-state index is 0.172. The molecule has 0 aromatic heterocycles. The lowest BCUT2D eigenvalue weighted by molar-refractivity contribution is -0.111. The average Bonchev–Trinajstić information content (AvgIpc) is 2.44. The predicted octanol–water partition coefficient (Wildman–Crippen LogP) is 2.15. The zero-order valence-electron chi connectivity index (χ0n) is 9.03. The number of hydrogen-bond acceptors (Lipinski definition) is 2. The van der Waals surface area contributed by atoms with E-state index in [4.69, 9.17) is 0 Å². The Kier molecular flexibility index (Phi) is 1.94. The van der Waals surface area contributed by atoms with Crippen LogP contribution < -0.4 is 0 Å². The Hall–Kier alpha value is -0.510. The summed E-state index contributed by atoms with van der Waals surface area (Å²) in [5.41, 5.74) is 0. The first kappa shape index (κ1) is 9.70. The number of alkyl halides is 1. The van der Waals surface area contributed by atoms with E-state index in [1.165, 1.54) is 13.3 Å². The van der Waals surface area contributed by atoms with Gasteiger partial charge in [-0.25, -0.2) is 4.39 Å². The average molecular weight is 214 g/mol. The molecule has 0 bridgehead atoms. The van der Waals surface area contributed by atoms with Gasteiger partial charge in [0.15, 0.2) is 12.3 Å². The Morgan fingerprint density at radius 1 is 1.40 bits per heavy atom. The summed E-state index contributed by atoms with van der Waals surface area (Å²) < 4.78 is 26.4. The largest absolute Gasteiger partial charge is 0.263 e. The van der Waals surface area contributed by atoms with Crippen molar-refractivity contribution in [3.8, 4) is 0 Å². The smallest absolute Gasteiger partial charge is 0.181 e. The van der Waals surface area contributed by atoms with Crippen LogP contribution in [0.1, 0.15) is 26.7 Å². The van der Waals surface area contributed by atoms with Crippen molar-refractivity contribution in [2.75, 3.05) is 0 Å². The van der Waals surface area contributed by atoms with Crippen LogP contribution in [0.2, 0.25) is 0 Å². The summed E-state index contributed by atoms with van der Waals surface area (Å²) in [6, 6.07) is 0.148. The topological polar surface area (TPSA) is 15.6 Å². The molecule has 4 heteroatoms. The lowest BCUT2D eigenvalue weighted by Gasteiger charge is -2.51. The fourth-order valence-corrected chi connectivity index (χ4v) is 3.73. The van der Waals surface area contributed by atoms with Crippen LogP contribution in [0.3, 0.4) is 0 Å². The zero-order chi connectivity index (χ0) is 10.7. The van der Waals surface area contributed by atoms with E-state index >= 15 is 0 Å². The van der Waals surface area contributed by atoms with E-state index in [9.17, 15) is 8.78 Å². The van der Waals surface area contributed by atoms with Crippen LogP contribution in [0, 0.1) is 11.8 Å². The van der Waals surface area contributed by atoms with Gasteiger partial charge < -0.3 is 0 Å². The van der Waals surface area contributed by atoms with E-state index in [1.807, 2.05) is 4.90 Å². The maximum Gasteiger partial charge on any atom is 0.181 e. The van der Waals surface area contributed by atoms with Gasteiger partial charge in [0.2, 0.25) is 0 Å². The lowest BCUT2D eigenvalue weighted by Crippen LogP contribution is -2.66. The number of aliphatic imine (C=N–C) groups is 1. The number of fused-ring (bicyclic) bond motifs is 3. The van der Waals surface area contributed by atoms with E-state index in [1.54, 1.807) is 0 Å². The Balaban J connectivity index is 1.77. The van der Waals surface area contributed by atoms with E-state index in [0.29, 0.717) is 17.9 Å². The zero-order valence-corrected chi connectivity index (χ0v) is 9.03. The molecule has 0 aromatic rings. The monoisotopic (exact) mass is 214 g/mol. The number of hydrogen-bond donors (Lipinski definition) is 0. The Labute approximate surface area is 88.4 Å². The molecule has 84 valence electrons. The minimum atomic E-state index is -1.04. The molecular formula is C11H16F2N2. The molecule has 3 fully saturated rings. The van der Waals surface area contributed by atoms with Gasteiger partial charge in [-0.2, -0.15) is 4.39 Å². The van der Waals surface area contributed by atoms with Gasteiger partial charge in [-0.1, -0.05) is 6.92 Å². The van der Waals surface area contributed by atoms with Crippen LogP contribution in [-0.2, 0) is 0 Å². The number of nitrogens with zero attached hydrogens (tertiary/aromatic N) is 2. The van der Waals surface area contributed by atoms with Crippen LogP contribution >= 0.6 is 0 Å². The minimum Gasteiger partial charge on any atom is -0.263 e. The highest BCUT2D eigenvalue weighted by Gasteiger charge is 2.63. The molecule has 3 rings (SSSR count). The predicted molar refractivity (Wildman–Crippen MR) is 54.2 cm³/mol. The maximum absolute atomic E-state index is 13.8. The second-order valence-corrected chi connectivity index (χ2v) is 5.20. The number of rotatable bonds is 1. The standard InChI is InChI=1S/C11H16F2N2/c1-5-3-7-4-8-9(14-6(2)12)11(13)15(8)10(5)7/h5,7-11H,3-4H2,1-2H3/b14-6+. The van der Waals surface area contributed by atoms with E-state index in [2.05, 4.69) is 11.9 Å². The summed E-state index contributed by atoms with van der Waals surface area (Å²) in [6.45, 7) is 3.47. The van der Waals surface area contributed by atoms with Gasteiger partial charge in [0.25, 0.3) is 0 Å². The summed E-state index contributed by atoms with van der Waals surface area (Å²) in [5, 5.41) is 0. The second kappa shape index (κ2) is 3.00. The van der Waals surface area contributed by atoms with Crippen LogP contribution in [0.15, 0.2) is 4.99 Å². The molecular weight excluding hydrogens is 198 g/mol. The first-order chi connectivity index (χ1) is 7.09. The molecule has 0 radical (unpaired) electrons. The summed E-state index contributed by atoms with van der Waals surface area (Å²) in [7, 11) is 0. The fraction of sp³-hybridized carbons (Fsp3) is 0.909. The highest BCUT2D eigenvalue weighted by atomic mass is 19.1. The lowest BCUT2D eigenvalue weighted by atomic mass is 9.71. The normalized spacial score (nSPS) is 54.3. The molecule has 1 aliphatic carbocycles. The summed E-state index contributed by atoms with van der Waals surface area (Å²) in [5.74, 6) is 0.757. The molecule has 6 atom stereocenters. The van der Waals surface area contributed by atoms with Crippen molar-refractivity contribution in [2.45, 2.75) is 51.1 Å². The molecule has 0 N–H and O–H groups in total. The van der Waals surface area contributed by atoms with Crippen LogP contribution in [0.4, 0.5) is 8.78 Å². The van der Waals surface area contributed by atoms with E-state index in [-0.39, 0.29) is 6.04 Å². The van der Waals surface area contributed by atoms with Gasteiger partial charge in [0.05, 0.1) is 0 Å².